The van der Waals surface area contributed by atoms with Crippen LogP contribution in [0.25, 0.3) is 0 Å². The summed E-state index contributed by atoms with van der Waals surface area (Å²) in [5, 5.41) is 7.29. The number of hydrogen-bond acceptors (Lipinski definition) is 3. The van der Waals surface area contributed by atoms with Gasteiger partial charge >= 0.3 is 0 Å². The quantitative estimate of drug-likeness (QED) is 0.393. The molecule has 27 heavy (non-hydrogen) atoms. The van der Waals surface area contributed by atoms with Crippen LogP contribution >= 0.6 is 11.6 Å². The first-order chi connectivity index (χ1) is 13.2. The molecule has 0 aliphatic carbocycles. The Balaban J connectivity index is 1.85. The Morgan fingerprint density at radius 3 is 2.44 bits per heavy atom. The molecular weight excluding hydrogens is 358 g/mol. The highest BCUT2D eigenvalue weighted by molar-refractivity contribution is 6.29. The van der Waals surface area contributed by atoms with Gasteiger partial charge < -0.3 is 10.6 Å². The average Bonchev–Trinajstić information content (AvgIpc) is 2.70. The molecule has 2 aromatic rings. The van der Waals surface area contributed by atoms with Crippen LogP contribution in [-0.2, 0) is 19.5 Å². The molecule has 1 aromatic heterocycles. The van der Waals surface area contributed by atoms with E-state index in [1.54, 1.807) is 7.05 Å². The zero-order valence-corrected chi connectivity index (χ0v) is 17.3. The van der Waals surface area contributed by atoms with Crippen LogP contribution in [0.1, 0.15) is 30.5 Å². The summed E-state index contributed by atoms with van der Waals surface area (Å²) in [6, 6.07) is 12.4. The number of nitrogens with one attached hydrogen (secondary N) is 2. The van der Waals surface area contributed by atoms with Gasteiger partial charge in [-0.3, -0.25) is 9.89 Å². The van der Waals surface area contributed by atoms with Gasteiger partial charge in [0, 0.05) is 32.9 Å². The molecule has 0 bridgehead atoms. The van der Waals surface area contributed by atoms with E-state index in [2.05, 4.69) is 63.6 Å². The molecule has 2 N–H and O–H groups in total. The molecule has 0 saturated heterocycles. The lowest BCUT2D eigenvalue weighted by atomic mass is 10.1. The number of pyridine rings is 1. The molecule has 0 spiro atoms. The number of aromatic nitrogens is 1. The van der Waals surface area contributed by atoms with E-state index in [9.17, 15) is 0 Å². The van der Waals surface area contributed by atoms with Crippen molar-refractivity contribution >= 4 is 17.6 Å². The molecule has 0 atom stereocenters. The van der Waals surface area contributed by atoms with Crippen LogP contribution in [0.3, 0.4) is 0 Å². The average molecular weight is 388 g/mol. The maximum absolute atomic E-state index is 5.82. The van der Waals surface area contributed by atoms with Gasteiger partial charge in [-0.2, -0.15) is 0 Å². The van der Waals surface area contributed by atoms with Crippen LogP contribution in [0.2, 0.25) is 5.15 Å². The fourth-order valence-corrected chi connectivity index (χ4v) is 2.96. The lowest BCUT2D eigenvalue weighted by Gasteiger charge is -2.20. The number of hydrogen-bond donors (Lipinski definition) is 2. The smallest absolute Gasteiger partial charge is 0.191 e. The molecule has 0 radical (unpaired) electrons. The topological polar surface area (TPSA) is 52.5 Å². The summed E-state index contributed by atoms with van der Waals surface area (Å²) < 4.78 is 0. The second-order valence-electron chi connectivity index (χ2n) is 6.32. The summed E-state index contributed by atoms with van der Waals surface area (Å²) in [5.41, 5.74) is 3.80. The predicted octanol–water partition coefficient (Wildman–Crippen LogP) is 3.48. The largest absolute Gasteiger partial charge is 0.356 e. The third-order valence-corrected chi connectivity index (χ3v) is 4.79. The zero-order valence-electron chi connectivity index (χ0n) is 16.5. The van der Waals surface area contributed by atoms with Gasteiger partial charge in [0.1, 0.15) is 5.15 Å². The molecule has 1 heterocycles. The Kier molecular flexibility index (Phi) is 9.08. The predicted molar refractivity (Wildman–Crippen MR) is 114 cm³/mol. The highest BCUT2D eigenvalue weighted by atomic mass is 35.5. The normalized spacial score (nSPS) is 11.7. The van der Waals surface area contributed by atoms with Crippen molar-refractivity contribution in [2.45, 2.75) is 33.4 Å². The minimum atomic E-state index is 0.521. The first-order valence-electron chi connectivity index (χ1n) is 9.50. The Bertz CT molecular complexity index is 711. The number of aliphatic imine (C=N–C) groups is 1. The molecule has 0 unspecified atom stereocenters. The Morgan fingerprint density at radius 2 is 1.81 bits per heavy atom. The van der Waals surface area contributed by atoms with Gasteiger partial charge in [-0.1, -0.05) is 55.8 Å². The zero-order chi connectivity index (χ0) is 19.5. The van der Waals surface area contributed by atoms with Crippen LogP contribution in [0.15, 0.2) is 47.6 Å². The summed E-state index contributed by atoms with van der Waals surface area (Å²) in [6.45, 7) is 9.02. The molecule has 0 fully saturated rings. The van der Waals surface area contributed by atoms with E-state index < -0.39 is 0 Å². The number of guanidine groups is 1. The summed E-state index contributed by atoms with van der Waals surface area (Å²) in [5.74, 6) is 0.801. The number of halogens is 1. The van der Waals surface area contributed by atoms with Crippen molar-refractivity contribution in [1.29, 1.82) is 0 Å². The van der Waals surface area contributed by atoms with Gasteiger partial charge in [-0.05, 0) is 42.3 Å². The standard InChI is InChI=1S/C21H30ClN5/c1-4-27(5-2)16-19-9-7-6-8-18(19)15-26-21(23-3)24-13-12-17-10-11-20(22)25-14-17/h6-11,14H,4-5,12-13,15-16H2,1-3H3,(H2,23,24,26). The van der Waals surface area contributed by atoms with Crippen molar-refractivity contribution in [1.82, 2.24) is 20.5 Å². The van der Waals surface area contributed by atoms with Crippen molar-refractivity contribution in [3.8, 4) is 0 Å². The summed E-state index contributed by atoms with van der Waals surface area (Å²) in [4.78, 5) is 10.8. The lowest BCUT2D eigenvalue weighted by Crippen LogP contribution is -2.38. The van der Waals surface area contributed by atoms with Crippen LogP contribution in [0.4, 0.5) is 0 Å². The van der Waals surface area contributed by atoms with Crippen LogP contribution in [0.5, 0.6) is 0 Å². The Hall–Kier alpha value is -2.11. The lowest BCUT2D eigenvalue weighted by molar-refractivity contribution is 0.295. The summed E-state index contributed by atoms with van der Waals surface area (Å²) in [6.07, 6.45) is 2.67. The molecule has 0 amide bonds. The van der Waals surface area contributed by atoms with E-state index in [1.807, 2.05) is 18.3 Å². The van der Waals surface area contributed by atoms with Gasteiger partial charge in [-0.15, -0.1) is 0 Å². The molecule has 0 saturated carbocycles. The SMILES string of the molecule is CCN(CC)Cc1ccccc1CNC(=NC)NCCc1ccc(Cl)nc1. The van der Waals surface area contributed by atoms with Crippen molar-refractivity contribution in [3.05, 3.63) is 64.4 Å². The third-order valence-electron chi connectivity index (χ3n) is 4.57. The maximum atomic E-state index is 5.82. The van der Waals surface area contributed by atoms with E-state index in [0.717, 1.165) is 50.7 Å². The highest BCUT2D eigenvalue weighted by Gasteiger charge is 2.07. The number of benzene rings is 1. The van der Waals surface area contributed by atoms with Crippen LogP contribution in [-0.4, -0.2) is 42.5 Å². The fraction of sp³-hybridized carbons (Fsp3) is 0.429. The van der Waals surface area contributed by atoms with Crippen LogP contribution in [0, 0.1) is 0 Å². The summed E-state index contributed by atoms with van der Waals surface area (Å²) in [7, 11) is 1.79. The number of rotatable bonds is 9. The first-order valence-corrected chi connectivity index (χ1v) is 9.88. The minimum Gasteiger partial charge on any atom is -0.356 e. The third kappa shape index (κ3) is 7.19. The van der Waals surface area contributed by atoms with Crippen LogP contribution < -0.4 is 10.6 Å². The van der Waals surface area contributed by atoms with E-state index in [1.165, 1.54) is 11.1 Å². The summed E-state index contributed by atoms with van der Waals surface area (Å²) >= 11 is 5.82. The minimum absolute atomic E-state index is 0.521. The molecule has 5 nitrogen and oxygen atoms in total. The van der Waals surface area contributed by atoms with Crippen molar-refractivity contribution in [2.75, 3.05) is 26.7 Å². The molecule has 6 heteroatoms. The fourth-order valence-electron chi connectivity index (χ4n) is 2.85. The van der Waals surface area contributed by atoms with Crippen molar-refractivity contribution < 1.29 is 0 Å². The second kappa shape index (κ2) is 11.6. The van der Waals surface area contributed by atoms with Gasteiger partial charge in [-0.25, -0.2) is 4.98 Å². The second-order valence-corrected chi connectivity index (χ2v) is 6.71. The van der Waals surface area contributed by atoms with E-state index in [4.69, 9.17) is 11.6 Å². The Morgan fingerprint density at radius 1 is 1.07 bits per heavy atom. The molecule has 2 rings (SSSR count). The number of nitrogens with zero attached hydrogens (tertiary/aromatic N) is 3. The van der Waals surface area contributed by atoms with Gasteiger partial charge in [0.25, 0.3) is 0 Å². The van der Waals surface area contributed by atoms with E-state index in [0.29, 0.717) is 5.15 Å². The van der Waals surface area contributed by atoms with Crippen molar-refractivity contribution in [2.24, 2.45) is 4.99 Å². The van der Waals surface area contributed by atoms with Gasteiger partial charge in [0.15, 0.2) is 5.96 Å². The van der Waals surface area contributed by atoms with E-state index in [-0.39, 0.29) is 0 Å². The molecule has 1 aromatic carbocycles. The maximum Gasteiger partial charge on any atom is 0.191 e. The Labute approximate surface area is 167 Å². The molecular formula is C21H30ClN5. The van der Waals surface area contributed by atoms with E-state index >= 15 is 0 Å². The van der Waals surface area contributed by atoms with Gasteiger partial charge in [0.05, 0.1) is 0 Å². The molecule has 0 aliphatic heterocycles. The monoisotopic (exact) mass is 387 g/mol. The molecule has 0 aliphatic rings. The van der Waals surface area contributed by atoms with Crippen molar-refractivity contribution in [3.63, 3.8) is 0 Å². The molecule has 146 valence electrons. The highest BCUT2D eigenvalue weighted by Crippen LogP contribution is 2.11. The first kappa shape index (κ1) is 21.2. The van der Waals surface area contributed by atoms with Gasteiger partial charge in [0.2, 0.25) is 0 Å².